The molecule has 8 heteroatoms. The van der Waals surface area contributed by atoms with Crippen LogP contribution in [0.1, 0.15) is 10.4 Å². The first kappa shape index (κ1) is 17.8. The van der Waals surface area contributed by atoms with E-state index in [1.54, 1.807) is 12.1 Å². The van der Waals surface area contributed by atoms with E-state index in [4.69, 9.17) is 0 Å². The molecule has 0 radical (unpaired) electrons. The van der Waals surface area contributed by atoms with Crippen LogP contribution in [-0.4, -0.2) is 56.3 Å². The summed E-state index contributed by atoms with van der Waals surface area (Å²) < 4.78 is 1.87. The lowest BCUT2D eigenvalue weighted by molar-refractivity contribution is 0.0747. The molecule has 4 aromatic heterocycles. The Bertz CT molecular complexity index is 1500. The van der Waals surface area contributed by atoms with Gasteiger partial charge in [-0.15, -0.1) is 0 Å². The number of anilines is 1. The topological polar surface area (TPSA) is 89.5 Å². The summed E-state index contributed by atoms with van der Waals surface area (Å²) in [6.07, 6.45) is 5.54. The van der Waals surface area contributed by atoms with Gasteiger partial charge in [-0.2, -0.15) is 0 Å². The first-order valence-electron chi connectivity index (χ1n) is 10.3. The quantitative estimate of drug-likeness (QED) is 0.466. The highest BCUT2D eigenvalue weighted by atomic mass is 16.2. The molecule has 0 atom stereocenters. The van der Waals surface area contributed by atoms with Gasteiger partial charge in [0.05, 0.1) is 22.0 Å². The van der Waals surface area contributed by atoms with Crippen molar-refractivity contribution in [1.29, 1.82) is 0 Å². The van der Waals surface area contributed by atoms with Gasteiger partial charge in [0.15, 0.2) is 0 Å². The monoisotopic (exact) mass is 412 g/mol. The van der Waals surface area contributed by atoms with E-state index in [0.29, 0.717) is 29.7 Å². The number of piperazine rings is 1. The number of amides is 1. The van der Waals surface area contributed by atoms with Crippen LogP contribution in [-0.2, 0) is 0 Å². The van der Waals surface area contributed by atoms with E-state index in [1.807, 2.05) is 58.2 Å². The SMILES string of the molecule is O=C(c1cc2[nH]c(=O)c3ccccc3n2c1)N1CCN(c2nccc3[nH]ccc23)CC1. The molecule has 1 amide bonds. The average Bonchev–Trinajstić information content (AvgIpc) is 3.46. The van der Waals surface area contributed by atoms with Crippen molar-refractivity contribution >= 4 is 39.2 Å². The second-order valence-corrected chi connectivity index (χ2v) is 7.81. The summed E-state index contributed by atoms with van der Waals surface area (Å²) >= 11 is 0. The second-order valence-electron chi connectivity index (χ2n) is 7.81. The Kier molecular flexibility index (Phi) is 3.86. The second kappa shape index (κ2) is 6.73. The number of aromatic nitrogens is 4. The number of nitrogens with one attached hydrogen (secondary N) is 2. The number of H-pyrrole nitrogens is 2. The van der Waals surface area contributed by atoms with E-state index in [0.717, 1.165) is 35.3 Å². The Hall–Kier alpha value is -4.07. The Labute approximate surface area is 176 Å². The van der Waals surface area contributed by atoms with Gasteiger partial charge in [0, 0.05) is 50.2 Å². The van der Waals surface area contributed by atoms with Crippen LogP contribution in [0, 0.1) is 0 Å². The zero-order valence-corrected chi connectivity index (χ0v) is 16.7. The summed E-state index contributed by atoms with van der Waals surface area (Å²) in [7, 11) is 0. The van der Waals surface area contributed by atoms with E-state index < -0.39 is 0 Å². The molecule has 1 aliphatic heterocycles. The van der Waals surface area contributed by atoms with E-state index in [2.05, 4.69) is 19.9 Å². The van der Waals surface area contributed by atoms with Crippen molar-refractivity contribution in [2.24, 2.45) is 0 Å². The van der Waals surface area contributed by atoms with Crippen LogP contribution in [0.15, 0.2) is 65.8 Å². The third-order valence-corrected chi connectivity index (χ3v) is 6.04. The lowest BCUT2D eigenvalue weighted by Gasteiger charge is -2.35. The highest BCUT2D eigenvalue weighted by molar-refractivity contribution is 5.96. The molecule has 1 aliphatic rings. The van der Waals surface area contributed by atoms with Crippen molar-refractivity contribution in [3.63, 3.8) is 0 Å². The number of hydrogen-bond acceptors (Lipinski definition) is 4. The molecular formula is C23H20N6O2. The molecule has 2 N–H and O–H groups in total. The van der Waals surface area contributed by atoms with Crippen LogP contribution in [0.4, 0.5) is 5.82 Å². The number of para-hydroxylation sites is 1. The Balaban J connectivity index is 1.26. The van der Waals surface area contributed by atoms with E-state index in [1.165, 1.54) is 0 Å². The molecule has 5 heterocycles. The summed E-state index contributed by atoms with van der Waals surface area (Å²) in [6, 6.07) is 13.1. The molecule has 0 aliphatic carbocycles. The lowest BCUT2D eigenvalue weighted by Crippen LogP contribution is -2.49. The maximum absolute atomic E-state index is 13.2. The van der Waals surface area contributed by atoms with Gasteiger partial charge in [0.2, 0.25) is 0 Å². The molecule has 1 aromatic carbocycles. The predicted octanol–water partition coefficient (Wildman–Crippen LogP) is 2.62. The standard InChI is InChI=1S/C23H20N6O2/c30-22-17-3-1-2-4-19(17)29-14-15(13-20(29)26-22)23(31)28-11-9-27(10-12-28)21-16-5-7-24-18(16)6-8-25-21/h1-8,13-14,24H,9-12H2,(H,26,30). The third kappa shape index (κ3) is 2.79. The fourth-order valence-corrected chi connectivity index (χ4v) is 4.46. The van der Waals surface area contributed by atoms with Crippen LogP contribution < -0.4 is 10.5 Å². The molecule has 5 aromatic rings. The van der Waals surface area contributed by atoms with E-state index >= 15 is 0 Å². The van der Waals surface area contributed by atoms with Gasteiger partial charge in [0.25, 0.3) is 11.5 Å². The maximum atomic E-state index is 13.2. The van der Waals surface area contributed by atoms with Crippen LogP contribution in [0.5, 0.6) is 0 Å². The van der Waals surface area contributed by atoms with Crippen molar-refractivity contribution in [1.82, 2.24) is 24.3 Å². The van der Waals surface area contributed by atoms with Crippen LogP contribution >= 0.6 is 0 Å². The molecule has 8 nitrogen and oxygen atoms in total. The Morgan fingerprint density at radius 1 is 1.00 bits per heavy atom. The fraction of sp³-hybridized carbons (Fsp3) is 0.174. The molecule has 31 heavy (non-hydrogen) atoms. The molecule has 6 rings (SSSR count). The van der Waals surface area contributed by atoms with Gasteiger partial charge in [-0.05, 0) is 30.3 Å². The number of fused-ring (bicyclic) bond motifs is 4. The first-order chi connectivity index (χ1) is 15.2. The number of rotatable bonds is 2. The Morgan fingerprint density at radius 3 is 2.71 bits per heavy atom. The van der Waals surface area contributed by atoms with Gasteiger partial charge in [0.1, 0.15) is 11.5 Å². The highest BCUT2D eigenvalue weighted by Crippen LogP contribution is 2.25. The predicted molar refractivity (Wildman–Crippen MR) is 120 cm³/mol. The first-order valence-corrected chi connectivity index (χ1v) is 10.3. The van der Waals surface area contributed by atoms with Gasteiger partial charge in [-0.1, -0.05) is 12.1 Å². The number of aromatic amines is 2. The smallest absolute Gasteiger partial charge is 0.258 e. The minimum atomic E-state index is -0.153. The summed E-state index contributed by atoms with van der Waals surface area (Å²) in [5, 5.41) is 1.70. The van der Waals surface area contributed by atoms with Crippen molar-refractivity contribution in [2.75, 3.05) is 31.1 Å². The largest absolute Gasteiger partial charge is 0.361 e. The minimum Gasteiger partial charge on any atom is -0.361 e. The van der Waals surface area contributed by atoms with Crippen LogP contribution in [0.3, 0.4) is 0 Å². The maximum Gasteiger partial charge on any atom is 0.258 e. The molecule has 0 unspecified atom stereocenters. The normalized spacial score (nSPS) is 14.7. The number of benzene rings is 1. The number of carbonyl (C=O) groups is 1. The van der Waals surface area contributed by atoms with Crippen molar-refractivity contribution < 1.29 is 4.79 Å². The van der Waals surface area contributed by atoms with Crippen molar-refractivity contribution in [3.8, 4) is 0 Å². The number of carbonyl (C=O) groups excluding carboxylic acids is 1. The van der Waals surface area contributed by atoms with E-state index in [9.17, 15) is 9.59 Å². The van der Waals surface area contributed by atoms with Gasteiger partial charge >= 0.3 is 0 Å². The molecule has 154 valence electrons. The lowest BCUT2D eigenvalue weighted by atomic mass is 10.2. The van der Waals surface area contributed by atoms with Gasteiger partial charge in [-0.25, -0.2) is 4.98 Å². The summed E-state index contributed by atoms with van der Waals surface area (Å²) in [5.74, 6) is 0.922. The van der Waals surface area contributed by atoms with Crippen LogP contribution in [0.25, 0.3) is 27.5 Å². The molecule has 0 saturated carbocycles. The minimum absolute atomic E-state index is 0.0268. The molecule has 1 saturated heterocycles. The summed E-state index contributed by atoms with van der Waals surface area (Å²) in [6.45, 7) is 2.67. The summed E-state index contributed by atoms with van der Waals surface area (Å²) in [4.78, 5) is 40.3. The zero-order chi connectivity index (χ0) is 20.9. The Morgan fingerprint density at radius 2 is 1.84 bits per heavy atom. The van der Waals surface area contributed by atoms with E-state index in [-0.39, 0.29) is 11.5 Å². The van der Waals surface area contributed by atoms with Gasteiger partial charge < -0.3 is 24.2 Å². The van der Waals surface area contributed by atoms with Crippen molar-refractivity contribution in [2.45, 2.75) is 0 Å². The molecule has 0 spiro atoms. The average molecular weight is 412 g/mol. The fourth-order valence-electron chi connectivity index (χ4n) is 4.46. The highest BCUT2D eigenvalue weighted by Gasteiger charge is 2.25. The van der Waals surface area contributed by atoms with Gasteiger partial charge in [-0.3, -0.25) is 9.59 Å². The zero-order valence-electron chi connectivity index (χ0n) is 16.7. The molecule has 1 fully saturated rings. The molecule has 0 bridgehead atoms. The molecular weight excluding hydrogens is 392 g/mol. The number of nitrogens with zero attached hydrogens (tertiary/aromatic N) is 4. The van der Waals surface area contributed by atoms with Crippen molar-refractivity contribution in [3.05, 3.63) is 77.0 Å². The number of hydrogen-bond donors (Lipinski definition) is 2. The van der Waals surface area contributed by atoms with Crippen LogP contribution in [0.2, 0.25) is 0 Å². The third-order valence-electron chi connectivity index (χ3n) is 6.04. The number of pyridine rings is 1. The summed E-state index contributed by atoms with van der Waals surface area (Å²) in [5.41, 5.74) is 2.89.